The number of carbonyl (C=O) groups is 2. The zero-order chi connectivity index (χ0) is 15.9. The predicted octanol–water partition coefficient (Wildman–Crippen LogP) is 3.02. The van der Waals surface area contributed by atoms with Crippen LogP contribution in [0.15, 0.2) is 24.3 Å². The minimum absolute atomic E-state index is 0.0190. The summed E-state index contributed by atoms with van der Waals surface area (Å²) in [6.07, 6.45) is 0.0190. The van der Waals surface area contributed by atoms with E-state index in [2.05, 4.69) is 15.7 Å². The average molecular weight is 339 g/mol. The maximum atomic E-state index is 12.5. The molecule has 2 amide bonds. The van der Waals surface area contributed by atoms with Crippen LogP contribution in [0.5, 0.6) is 0 Å². The Morgan fingerprint density at radius 3 is 2.91 bits per heavy atom. The second kappa shape index (κ2) is 5.62. The monoisotopic (exact) mass is 338 g/mol. The van der Waals surface area contributed by atoms with Gasteiger partial charge in [0.15, 0.2) is 0 Å². The Morgan fingerprint density at radius 1 is 1.41 bits per heavy atom. The molecule has 3 rings (SSSR count). The lowest BCUT2D eigenvalue weighted by Gasteiger charge is -2.23. The summed E-state index contributed by atoms with van der Waals surface area (Å²) in [6.45, 7) is 1.79. The second-order valence-electron chi connectivity index (χ2n) is 5.00. The molecule has 0 spiro atoms. The summed E-state index contributed by atoms with van der Waals surface area (Å²) in [5.74, 6) is -0.0747. The van der Waals surface area contributed by atoms with Crippen molar-refractivity contribution in [2.24, 2.45) is 0 Å². The second-order valence-corrected chi connectivity index (χ2v) is 5.84. The van der Waals surface area contributed by atoms with Gasteiger partial charge in [0.25, 0.3) is 0 Å². The molecule has 0 aliphatic carbocycles. The Kier molecular flexibility index (Phi) is 3.80. The largest absolute Gasteiger partial charge is 0.323 e. The Morgan fingerprint density at radius 2 is 2.18 bits per heavy atom. The van der Waals surface area contributed by atoms with E-state index in [-0.39, 0.29) is 18.2 Å². The molecule has 22 heavy (non-hydrogen) atoms. The molecule has 6 nitrogen and oxygen atoms in total. The Balaban J connectivity index is 1.87. The van der Waals surface area contributed by atoms with Crippen molar-refractivity contribution >= 4 is 46.5 Å². The van der Waals surface area contributed by atoms with Crippen LogP contribution in [0.4, 0.5) is 11.5 Å². The minimum Gasteiger partial charge on any atom is -0.323 e. The molecular weight excluding hydrogens is 327 g/mol. The highest BCUT2D eigenvalue weighted by Gasteiger charge is 2.31. The van der Waals surface area contributed by atoms with Gasteiger partial charge in [-0.3, -0.25) is 9.59 Å². The fraction of sp³-hybridized carbons (Fsp3) is 0.214. The van der Waals surface area contributed by atoms with Crippen molar-refractivity contribution in [3.63, 3.8) is 0 Å². The van der Waals surface area contributed by atoms with Crippen LogP contribution in [0.3, 0.4) is 0 Å². The first kappa shape index (κ1) is 14.9. The predicted molar refractivity (Wildman–Crippen MR) is 84.3 cm³/mol. The Bertz CT molecular complexity index is 772. The normalized spacial score (nSPS) is 16.9. The molecule has 2 aromatic rings. The van der Waals surface area contributed by atoms with Gasteiger partial charge in [-0.1, -0.05) is 23.2 Å². The summed E-state index contributed by atoms with van der Waals surface area (Å²) in [5, 5.41) is 10.5. The number of carbonyl (C=O) groups excluding carboxylic acids is 2. The number of hydrogen-bond donors (Lipinski definition) is 2. The quantitative estimate of drug-likeness (QED) is 0.883. The molecule has 1 atom stereocenters. The SMILES string of the molecule is Cc1cc2n(n1)[C@@H](C(=O)Nc1ccc(Cl)cc1Cl)CC(=O)N2. The van der Waals surface area contributed by atoms with E-state index in [0.717, 1.165) is 5.69 Å². The lowest BCUT2D eigenvalue weighted by atomic mass is 10.1. The van der Waals surface area contributed by atoms with Crippen LogP contribution in [-0.4, -0.2) is 21.6 Å². The van der Waals surface area contributed by atoms with Crippen LogP contribution >= 0.6 is 23.2 Å². The fourth-order valence-electron chi connectivity index (χ4n) is 2.31. The number of fused-ring (bicyclic) bond motifs is 1. The van der Waals surface area contributed by atoms with E-state index in [1.165, 1.54) is 10.7 Å². The van der Waals surface area contributed by atoms with Crippen LogP contribution in [0.2, 0.25) is 10.0 Å². The number of nitrogens with zero attached hydrogens (tertiary/aromatic N) is 2. The Hall–Kier alpha value is -2.05. The minimum atomic E-state index is -0.718. The van der Waals surface area contributed by atoms with Gasteiger partial charge in [-0.25, -0.2) is 4.68 Å². The van der Waals surface area contributed by atoms with E-state index < -0.39 is 6.04 Å². The van der Waals surface area contributed by atoms with Gasteiger partial charge < -0.3 is 10.6 Å². The summed E-state index contributed by atoms with van der Waals surface area (Å²) in [7, 11) is 0. The van der Waals surface area contributed by atoms with Crippen LogP contribution in [0, 0.1) is 6.92 Å². The number of aryl methyl sites for hydroxylation is 1. The summed E-state index contributed by atoms with van der Waals surface area (Å²) in [6, 6.07) is 5.77. The number of aromatic nitrogens is 2. The molecule has 2 heterocycles. The van der Waals surface area contributed by atoms with Gasteiger partial charge in [0, 0.05) is 11.1 Å². The van der Waals surface area contributed by atoms with Crippen LogP contribution in [-0.2, 0) is 9.59 Å². The molecule has 1 aliphatic heterocycles. The molecule has 0 saturated carbocycles. The van der Waals surface area contributed by atoms with Gasteiger partial charge in [0.1, 0.15) is 11.9 Å². The molecule has 8 heteroatoms. The third-order valence-electron chi connectivity index (χ3n) is 3.29. The van der Waals surface area contributed by atoms with Gasteiger partial charge in [-0.15, -0.1) is 0 Å². The highest BCUT2D eigenvalue weighted by Crippen LogP contribution is 2.29. The van der Waals surface area contributed by atoms with E-state index in [9.17, 15) is 9.59 Å². The van der Waals surface area contributed by atoms with Gasteiger partial charge in [0.05, 0.1) is 22.8 Å². The van der Waals surface area contributed by atoms with E-state index in [4.69, 9.17) is 23.2 Å². The standard InChI is InChI=1S/C14H12Cl2N4O2/c1-7-4-12-18-13(21)6-11(20(12)19-7)14(22)17-10-3-2-8(15)5-9(10)16/h2-5,11H,6H2,1H3,(H,17,22)(H,18,21)/t11-/m1/s1. The molecule has 0 fully saturated rings. The summed E-state index contributed by atoms with van der Waals surface area (Å²) >= 11 is 11.9. The highest BCUT2D eigenvalue weighted by molar-refractivity contribution is 6.36. The van der Waals surface area contributed by atoms with Gasteiger partial charge in [-0.05, 0) is 25.1 Å². The average Bonchev–Trinajstić information content (AvgIpc) is 2.80. The summed E-state index contributed by atoms with van der Waals surface area (Å²) in [5.41, 5.74) is 1.16. The smallest absolute Gasteiger partial charge is 0.249 e. The molecule has 2 N–H and O–H groups in total. The van der Waals surface area contributed by atoms with Gasteiger partial charge >= 0.3 is 0 Å². The third-order valence-corrected chi connectivity index (χ3v) is 3.84. The first-order chi connectivity index (χ1) is 10.4. The van der Waals surface area contributed by atoms with Gasteiger partial charge in [0.2, 0.25) is 11.8 Å². The fourth-order valence-corrected chi connectivity index (χ4v) is 2.77. The summed E-state index contributed by atoms with van der Waals surface area (Å²) in [4.78, 5) is 24.2. The third kappa shape index (κ3) is 2.80. The lowest BCUT2D eigenvalue weighted by Crippen LogP contribution is -2.35. The molecule has 0 unspecified atom stereocenters. The maximum Gasteiger partial charge on any atom is 0.249 e. The van der Waals surface area contributed by atoms with Crippen LogP contribution in [0.25, 0.3) is 0 Å². The van der Waals surface area contributed by atoms with Crippen molar-refractivity contribution in [1.82, 2.24) is 9.78 Å². The number of rotatable bonds is 2. The van der Waals surface area contributed by atoms with Crippen LogP contribution in [0.1, 0.15) is 18.2 Å². The first-order valence-electron chi connectivity index (χ1n) is 6.56. The van der Waals surface area contributed by atoms with Crippen LogP contribution < -0.4 is 10.6 Å². The molecule has 0 saturated heterocycles. The van der Waals surface area contributed by atoms with E-state index in [0.29, 0.717) is 21.6 Å². The van der Waals surface area contributed by atoms with Crippen molar-refractivity contribution < 1.29 is 9.59 Å². The van der Waals surface area contributed by atoms with Crippen molar-refractivity contribution in [3.8, 4) is 0 Å². The molecular formula is C14H12Cl2N4O2. The molecule has 1 aromatic heterocycles. The number of benzene rings is 1. The van der Waals surface area contributed by atoms with Gasteiger partial charge in [-0.2, -0.15) is 5.10 Å². The summed E-state index contributed by atoms with van der Waals surface area (Å²) < 4.78 is 1.51. The van der Waals surface area contributed by atoms with E-state index >= 15 is 0 Å². The van der Waals surface area contributed by atoms with Crippen molar-refractivity contribution in [1.29, 1.82) is 0 Å². The molecule has 0 bridgehead atoms. The molecule has 1 aromatic carbocycles. The topological polar surface area (TPSA) is 76.0 Å². The Labute approximate surface area is 136 Å². The number of amides is 2. The highest BCUT2D eigenvalue weighted by atomic mass is 35.5. The number of anilines is 2. The van der Waals surface area contributed by atoms with E-state index in [1.807, 2.05) is 0 Å². The lowest BCUT2D eigenvalue weighted by molar-refractivity contribution is -0.125. The maximum absolute atomic E-state index is 12.5. The van der Waals surface area contributed by atoms with Crippen molar-refractivity contribution in [2.75, 3.05) is 10.6 Å². The number of halogens is 2. The zero-order valence-corrected chi connectivity index (χ0v) is 13.1. The molecule has 0 radical (unpaired) electrons. The first-order valence-corrected chi connectivity index (χ1v) is 7.31. The zero-order valence-electron chi connectivity index (χ0n) is 11.6. The number of hydrogen-bond acceptors (Lipinski definition) is 3. The van der Waals surface area contributed by atoms with Crippen molar-refractivity contribution in [3.05, 3.63) is 40.0 Å². The van der Waals surface area contributed by atoms with E-state index in [1.54, 1.807) is 25.1 Å². The molecule has 114 valence electrons. The van der Waals surface area contributed by atoms with Crippen molar-refractivity contribution in [2.45, 2.75) is 19.4 Å². The molecule has 1 aliphatic rings. The number of nitrogens with one attached hydrogen (secondary N) is 2.